The van der Waals surface area contributed by atoms with Gasteiger partial charge >= 0.3 is 5.97 Å². The van der Waals surface area contributed by atoms with Crippen LogP contribution in [0.1, 0.15) is 40.2 Å². The number of aliphatic carboxylic acids is 1. The maximum absolute atomic E-state index is 13.9. The monoisotopic (exact) mass is 535 g/mol. The van der Waals surface area contributed by atoms with Crippen molar-refractivity contribution in [3.63, 3.8) is 0 Å². The van der Waals surface area contributed by atoms with E-state index in [1.54, 1.807) is 6.07 Å². The van der Waals surface area contributed by atoms with Crippen LogP contribution in [0.2, 0.25) is 0 Å². The van der Waals surface area contributed by atoms with Crippen molar-refractivity contribution in [2.75, 3.05) is 12.4 Å². The molecule has 0 saturated carbocycles. The van der Waals surface area contributed by atoms with Gasteiger partial charge in [-0.3, -0.25) is 19.5 Å². The second-order valence-electron chi connectivity index (χ2n) is 10.1. The summed E-state index contributed by atoms with van der Waals surface area (Å²) in [6, 6.07) is 30.0. The van der Waals surface area contributed by atoms with Crippen molar-refractivity contribution in [2.24, 2.45) is 4.99 Å². The van der Waals surface area contributed by atoms with Gasteiger partial charge in [0.05, 0.1) is 11.4 Å². The van der Waals surface area contributed by atoms with Gasteiger partial charge in [0.25, 0.3) is 0 Å². The first-order chi connectivity index (χ1) is 19.4. The Bertz CT molecular complexity index is 1530. The fourth-order valence-electron chi connectivity index (χ4n) is 4.97. The fraction of sp³-hybridized carbons (Fsp3) is 0.182. The van der Waals surface area contributed by atoms with E-state index in [9.17, 15) is 14.0 Å². The minimum atomic E-state index is -0.854. The molecule has 0 aromatic heterocycles. The van der Waals surface area contributed by atoms with Crippen molar-refractivity contribution in [1.82, 2.24) is 4.90 Å². The lowest BCUT2D eigenvalue weighted by atomic mass is 9.90. The lowest BCUT2D eigenvalue weighted by molar-refractivity contribution is -0.137. The molecule has 0 spiro atoms. The third kappa shape index (κ3) is 6.50. The molecule has 5 rings (SSSR count). The molecule has 6 nitrogen and oxygen atoms in total. The standard InChI is InChI=1S/C33H30FN3O3/c1-37(20-23-5-3-2-4-6-23)21-24-9-15-27(16-10-24)35-32(25-12-7-22(8-13-25)11-18-30(38)39)31-28-17-14-26(34)19-29(28)36-33(31)40/h2-10,12-17,19,31H,11,18,20-21H2,1H3,(H,36,40)(H,38,39). The predicted molar refractivity (Wildman–Crippen MR) is 154 cm³/mol. The Morgan fingerprint density at radius 1 is 0.900 bits per heavy atom. The number of benzene rings is 4. The number of hydrogen-bond acceptors (Lipinski definition) is 4. The molecule has 1 unspecified atom stereocenters. The van der Waals surface area contributed by atoms with Gasteiger partial charge in [0, 0.05) is 25.2 Å². The summed E-state index contributed by atoms with van der Waals surface area (Å²) in [7, 11) is 2.08. The zero-order valence-electron chi connectivity index (χ0n) is 22.2. The minimum absolute atomic E-state index is 0.0388. The van der Waals surface area contributed by atoms with Gasteiger partial charge in [-0.15, -0.1) is 0 Å². The van der Waals surface area contributed by atoms with E-state index < -0.39 is 17.7 Å². The lowest BCUT2D eigenvalue weighted by Gasteiger charge is -2.17. The lowest BCUT2D eigenvalue weighted by Crippen LogP contribution is -2.22. The molecule has 1 aliphatic rings. The molecule has 2 N–H and O–H groups in total. The summed E-state index contributed by atoms with van der Waals surface area (Å²) in [6.07, 6.45) is 0.450. The Labute approximate surface area is 232 Å². The molecule has 4 aromatic carbocycles. The number of halogens is 1. The highest BCUT2D eigenvalue weighted by Gasteiger charge is 2.35. The molecule has 1 heterocycles. The van der Waals surface area contributed by atoms with E-state index in [2.05, 4.69) is 29.4 Å². The van der Waals surface area contributed by atoms with Gasteiger partial charge in [0.2, 0.25) is 5.91 Å². The molecular formula is C33H30FN3O3. The number of aryl methyl sites for hydroxylation is 1. The van der Waals surface area contributed by atoms with Crippen LogP contribution in [0.5, 0.6) is 0 Å². The molecule has 1 aliphatic heterocycles. The molecule has 4 aromatic rings. The van der Waals surface area contributed by atoms with E-state index in [1.807, 2.05) is 66.7 Å². The summed E-state index contributed by atoms with van der Waals surface area (Å²) in [5, 5.41) is 11.8. The Hall–Kier alpha value is -4.62. The molecule has 0 bridgehead atoms. The molecule has 0 radical (unpaired) electrons. The van der Waals surface area contributed by atoms with Gasteiger partial charge in [0.15, 0.2) is 0 Å². The van der Waals surface area contributed by atoms with Gasteiger partial charge in [-0.1, -0.05) is 72.8 Å². The smallest absolute Gasteiger partial charge is 0.303 e. The molecule has 0 fully saturated rings. The average molecular weight is 536 g/mol. The molecule has 1 amide bonds. The fourth-order valence-corrected chi connectivity index (χ4v) is 4.97. The number of anilines is 1. The summed E-state index contributed by atoms with van der Waals surface area (Å²) in [5.41, 5.74) is 6.36. The molecule has 1 atom stereocenters. The summed E-state index contributed by atoms with van der Waals surface area (Å²) < 4.78 is 13.9. The van der Waals surface area contributed by atoms with Crippen LogP contribution in [0.15, 0.2) is 102 Å². The first-order valence-corrected chi connectivity index (χ1v) is 13.2. The Balaban J connectivity index is 1.42. The molecule has 202 valence electrons. The predicted octanol–water partition coefficient (Wildman–Crippen LogP) is 6.33. The number of carboxylic acids is 1. The number of aliphatic imine (C=N–C) groups is 1. The average Bonchev–Trinajstić information content (AvgIpc) is 3.26. The summed E-state index contributed by atoms with van der Waals surface area (Å²) in [5.74, 6) is -2.26. The summed E-state index contributed by atoms with van der Waals surface area (Å²) in [4.78, 5) is 31.3. The van der Waals surface area contributed by atoms with Gasteiger partial charge in [-0.25, -0.2) is 4.39 Å². The summed E-state index contributed by atoms with van der Waals surface area (Å²) >= 11 is 0. The number of carbonyl (C=O) groups is 2. The number of nitrogens with zero attached hydrogens (tertiary/aromatic N) is 2. The van der Waals surface area contributed by atoms with Crippen molar-refractivity contribution in [1.29, 1.82) is 0 Å². The molecule has 0 saturated heterocycles. The quantitative estimate of drug-likeness (QED) is 0.233. The van der Waals surface area contributed by atoms with E-state index in [0.29, 0.717) is 29.1 Å². The van der Waals surface area contributed by atoms with E-state index in [-0.39, 0.29) is 12.3 Å². The Morgan fingerprint density at radius 2 is 1.55 bits per heavy atom. The van der Waals surface area contributed by atoms with E-state index in [4.69, 9.17) is 10.1 Å². The zero-order valence-corrected chi connectivity index (χ0v) is 22.2. The number of rotatable bonds is 10. The number of fused-ring (bicyclic) bond motifs is 1. The van der Waals surface area contributed by atoms with E-state index in [1.165, 1.54) is 17.7 Å². The van der Waals surface area contributed by atoms with Crippen LogP contribution in [0.3, 0.4) is 0 Å². The van der Waals surface area contributed by atoms with Crippen LogP contribution in [-0.2, 0) is 29.1 Å². The number of amides is 1. The normalized spacial score (nSPS) is 14.7. The topological polar surface area (TPSA) is 82.0 Å². The van der Waals surface area contributed by atoms with Crippen molar-refractivity contribution in [3.05, 3.63) is 131 Å². The second kappa shape index (κ2) is 12.1. The SMILES string of the molecule is CN(Cc1ccccc1)Cc1ccc(N=C(c2ccc(CCC(=O)O)cc2)C2C(=O)Nc3cc(F)ccc32)cc1. The van der Waals surface area contributed by atoms with Gasteiger partial charge in [-0.2, -0.15) is 0 Å². The molecular weight excluding hydrogens is 505 g/mol. The third-order valence-corrected chi connectivity index (χ3v) is 6.93. The number of carbonyl (C=O) groups excluding carboxylic acids is 1. The van der Waals surface area contributed by atoms with Crippen molar-refractivity contribution in [3.8, 4) is 0 Å². The van der Waals surface area contributed by atoms with Gasteiger partial charge < -0.3 is 10.4 Å². The summed E-state index contributed by atoms with van der Waals surface area (Å²) in [6.45, 7) is 1.61. The van der Waals surface area contributed by atoms with Crippen LogP contribution in [0.4, 0.5) is 15.8 Å². The van der Waals surface area contributed by atoms with Gasteiger partial charge in [-0.05, 0) is 65.6 Å². The van der Waals surface area contributed by atoms with Crippen molar-refractivity contribution < 1.29 is 19.1 Å². The first kappa shape index (κ1) is 27.0. The first-order valence-electron chi connectivity index (χ1n) is 13.2. The maximum atomic E-state index is 13.9. The van der Waals surface area contributed by atoms with Crippen LogP contribution in [0, 0.1) is 5.82 Å². The van der Waals surface area contributed by atoms with Crippen LogP contribution < -0.4 is 5.32 Å². The van der Waals surface area contributed by atoms with E-state index >= 15 is 0 Å². The number of nitrogens with one attached hydrogen (secondary N) is 1. The highest BCUT2D eigenvalue weighted by atomic mass is 19.1. The van der Waals surface area contributed by atoms with Crippen LogP contribution in [-0.4, -0.2) is 34.6 Å². The maximum Gasteiger partial charge on any atom is 0.303 e. The minimum Gasteiger partial charge on any atom is -0.481 e. The molecule has 0 aliphatic carbocycles. The molecule has 40 heavy (non-hydrogen) atoms. The van der Waals surface area contributed by atoms with Crippen molar-refractivity contribution in [2.45, 2.75) is 31.8 Å². The Kier molecular flexibility index (Phi) is 8.12. The number of carboxylic acid groups (broad SMARTS) is 1. The van der Waals surface area contributed by atoms with E-state index in [0.717, 1.165) is 29.8 Å². The second-order valence-corrected chi connectivity index (χ2v) is 10.1. The highest BCUT2D eigenvalue weighted by Crippen LogP contribution is 2.37. The number of hydrogen-bond donors (Lipinski definition) is 2. The third-order valence-electron chi connectivity index (χ3n) is 6.93. The van der Waals surface area contributed by atoms with Crippen molar-refractivity contribution >= 4 is 29.0 Å². The van der Waals surface area contributed by atoms with Crippen LogP contribution >= 0.6 is 0 Å². The Morgan fingerprint density at radius 3 is 2.23 bits per heavy atom. The van der Waals surface area contributed by atoms with Crippen LogP contribution in [0.25, 0.3) is 0 Å². The molecule has 7 heteroatoms. The zero-order chi connectivity index (χ0) is 28.1. The van der Waals surface area contributed by atoms with Gasteiger partial charge in [0.1, 0.15) is 11.7 Å². The highest BCUT2D eigenvalue weighted by molar-refractivity contribution is 6.24. The largest absolute Gasteiger partial charge is 0.481 e.